The Balaban J connectivity index is 3.66. The van der Waals surface area contributed by atoms with Crippen molar-refractivity contribution in [2.75, 3.05) is 0 Å². The van der Waals surface area contributed by atoms with Gasteiger partial charge in [-0.3, -0.25) is 0 Å². The van der Waals surface area contributed by atoms with Gasteiger partial charge in [0.25, 0.3) is 0 Å². The molecule has 0 aliphatic rings. The van der Waals surface area contributed by atoms with Crippen molar-refractivity contribution in [2.45, 2.75) is 18.3 Å². The minimum atomic E-state index is -6.36. The third-order valence-corrected chi connectivity index (χ3v) is 2.12. The van der Waals surface area contributed by atoms with Gasteiger partial charge in [-0.05, 0) is 0 Å². The molecule has 0 spiro atoms. The summed E-state index contributed by atoms with van der Waals surface area (Å²) in [6, 6.07) is 0. The number of halogens is 8. The maximum atomic E-state index is 13.1. The number of alkyl halides is 8. The lowest BCUT2D eigenvalue weighted by Gasteiger charge is -2.19. The van der Waals surface area contributed by atoms with Gasteiger partial charge in [0.2, 0.25) is 5.88 Å². The van der Waals surface area contributed by atoms with Crippen LogP contribution in [-0.2, 0) is 19.1 Å². The fourth-order valence-electron chi connectivity index (χ4n) is 1.32. The van der Waals surface area contributed by atoms with E-state index in [2.05, 4.69) is 9.84 Å². The highest BCUT2D eigenvalue weighted by atomic mass is 19.4. The van der Waals surface area contributed by atoms with Crippen LogP contribution in [0.5, 0.6) is 5.88 Å². The van der Waals surface area contributed by atoms with Crippen LogP contribution in [0.3, 0.4) is 0 Å². The second-order valence-electron chi connectivity index (χ2n) is 3.59. The van der Waals surface area contributed by atoms with Crippen LogP contribution >= 0.6 is 0 Å². The van der Waals surface area contributed by atoms with Gasteiger partial charge >= 0.3 is 24.4 Å². The van der Waals surface area contributed by atoms with E-state index in [9.17, 15) is 39.9 Å². The van der Waals surface area contributed by atoms with Crippen molar-refractivity contribution in [3.8, 4) is 5.88 Å². The molecule has 5 nitrogen and oxygen atoms in total. The third-order valence-electron chi connectivity index (χ3n) is 2.12. The Kier molecular flexibility index (Phi) is 3.83. The van der Waals surface area contributed by atoms with Gasteiger partial charge in [0.15, 0.2) is 5.69 Å². The summed E-state index contributed by atoms with van der Waals surface area (Å²) in [6.07, 6.45) is -14.4. The fourth-order valence-corrected chi connectivity index (χ4v) is 1.32. The molecule has 21 heavy (non-hydrogen) atoms. The maximum Gasteiger partial charge on any atom is 0.512 e. The minimum absolute atomic E-state index is 0.175. The number of carbonyl (C=O) groups is 1. The molecule has 0 bridgehead atoms. The van der Waals surface area contributed by atoms with E-state index in [-0.39, 0.29) is 4.68 Å². The molecule has 0 fully saturated rings. The summed E-state index contributed by atoms with van der Waals surface area (Å²) in [6.45, 7) is 0. The number of carboxylic acid groups (broad SMARTS) is 1. The molecule has 0 aliphatic carbocycles. The summed E-state index contributed by atoms with van der Waals surface area (Å²) in [5, 5.41) is 10.6. The van der Waals surface area contributed by atoms with Crippen LogP contribution in [0.2, 0.25) is 0 Å². The number of ether oxygens (including phenoxy) is 1. The first kappa shape index (κ1) is 17.0. The summed E-state index contributed by atoms with van der Waals surface area (Å²) in [4.78, 5) is 10.2. The summed E-state index contributed by atoms with van der Waals surface area (Å²) in [7, 11) is 0.517. The molecule has 0 unspecified atom stereocenters. The molecule has 1 aromatic rings. The highest BCUT2D eigenvalue weighted by Gasteiger charge is 2.64. The fraction of sp³-hybridized carbons (Fsp3) is 0.500. The van der Waals surface area contributed by atoms with E-state index in [0.29, 0.717) is 7.05 Å². The predicted octanol–water partition coefficient (Wildman–Crippen LogP) is 3.15. The Bertz CT molecular complexity index is 559. The van der Waals surface area contributed by atoms with Crippen LogP contribution in [-0.4, -0.2) is 27.2 Å². The average molecular weight is 328 g/mol. The van der Waals surface area contributed by atoms with Crippen LogP contribution in [0.25, 0.3) is 0 Å². The molecule has 0 amide bonds. The van der Waals surface area contributed by atoms with Crippen molar-refractivity contribution in [1.29, 1.82) is 0 Å². The van der Waals surface area contributed by atoms with Gasteiger partial charge in [-0.1, -0.05) is 0 Å². The Morgan fingerprint density at radius 1 is 1.14 bits per heavy atom. The zero-order valence-electron chi connectivity index (χ0n) is 9.68. The monoisotopic (exact) mass is 328 g/mol. The number of rotatable bonds is 2. The lowest BCUT2D eigenvalue weighted by molar-refractivity contribution is -0.292. The maximum absolute atomic E-state index is 13.1. The first-order chi connectivity index (χ1) is 9.19. The zero-order chi connectivity index (χ0) is 16.8. The molecule has 1 aromatic heterocycles. The van der Waals surface area contributed by atoms with Gasteiger partial charge < -0.3 is 9.84 Å². The second kappa shape index (κ2) is 4.73. The van der Waals surface area contributed by atoms with E-state index in [0.717, 1.165) is 0 Å². The molecule has 1 heterocycles. The molecule has 0 aliphatic heterocycles. The predicted molar refractivity (Wildman–Crippen MR) is 46.8 cm³/mol. The van der Waals surface area contributed by atoms with Crippen molar-refractivity contribution < 1.29 is 49.8 Å². The van der Waals surface area contributed by atoms with Gasteiger partial charge in [-0.2, -0.15) is 40.2 Å². The molecule has 0 aromatic carbocycles. The van der Waals surface area contributed by atoms with Crippen LogP contribution in [0, 0.1) is 0 Å². The molecular weight excluding hydrogens is 324 g/mol. The molecule has 1 rings (SSSR count). The van der Waals surface area contributed by atoms with Crippen molar-refractivity contribution >= 4 is 6.16 Å². The van der Waals surface area contributed by atoms with E-state index in [4.69, 9.17) is 5.11 Å². The first-order valence-corrected chi connectivity index (χ1v) is 4.69. The normalized spacial score (nSPS) is 13.4. The molecule has 13 heteroatoms. The number of nitrogens with zero attached hydrogens (tertiary/aromatic N) is 2. The molecular formula is C8H4F8N2O3. The highest BCUT2D eigenvalue weighted by Crippen LogP contribution is 2.50. The Morgan fingerprint density at radius 2 is 1.62 bits per heavy atom. The van der Waals surface area contributed by atoms with Gasteiger partial charge in [0.1, 0.15) is 5.56 Å². The topological polar surface area (TPSA) is 64.4 Å². The van der Waals surface area contributed by atoms with Crippen LogP contribution in [0.15, 0.2) is 0 Å². The minimum Gasteiger partial charge on any atom is -0.449 e. The average Bonchev–Trinajstić information content (AvgIpc) is 2.53. The van der Waals surface area contributed by atoms with E-state index in [1.54, 1.807) is 0 Å². The Morgan fingerprint density at radius 3 is 1.95 bits per heavy atom. The van der Waals surface area contributed by atoms with Crippen molar-refractivity contribution in [1.82, 2.24) is 9.78 Å². The Hall–Kier alpha value is -2.08. The lowest BCUT2D eigenvalue weighted by Crippen LogP contribution is -2.36. The molecule has 0 saturated carbocycles. The van der Waals surface area contributed by atoms with E-state index in [1.807, 2.05) is 0 Å². The lowest BCUT2D eigenvalue weighted by atomic mass is 10.1. The Labute approximate surface area is 109 Å². The number of aryl methyl sites for hydroxylation is 1. The summed E-state index contributed by atoms with van der Waals surface area (Å²) >= 11 is 0. The second-order valence-corrected chi connectivity index (χ2v) is 3.59. The summed E-state index contributed by atoms with van der Waals surface area (Å²) in [5.74, 6) is -7.75. The van der Waals surface area contributed by atoms with Gasteiger partial charge in [-0.25, -0.2) is 9.48 Å². The molecule has 0 saturated heterocycles. The van der Waals surface area contributed by atoms with E-state index < -0.39 is 41.6 Å². The highest BCUT2D eigenvalue weighted by molar-refractivity contribution is 5.61. The molecule has 1 N–H and O–H groups in total. The van der Waals surface area contributed by atoms with Crippen molar-refractivity contribution in [2.24, 2.45) is 7.05 Å². The number of hydrogen-bond donors (Lipinski definition) is 1. The van der Waals surface area contributed by atoms with Crippen LogP contribution in [0.1, 0.15) is 11.3 Å². The van der Waals surface area contributed by atoms with E-state index in [1.165, 1.54) is 0 Å². The standard InChI is InChI=1S/C8H4F8N2O3/c1-18-4(21-5(19)20)2(7(11,12)13)3(17-18)6(9,10)8(14,15)16/h1H3,(H,19,20). The summed E-state index contributed by atoms with van der Waals surface area (Å²) < 4.78 is 104. The summed E-state index contributed by atoms with van der Waals surface area (Å²) in [5.41, 5.74) is -5.31. The smallest absolute Gasteiger partial charge is 0.449 e. The van der Waals surface area contributed by atoms with Gasteiger partial charge in [0, 0.05) is 7.05 Å². The molecule has 120 valence electrons. The van der Waals surface area contributed by atoms with Gasteiger partial charge in [0.05, 0.1) is 0 Å². The largest absolute Gasteiger partial charge is 0.512 e. The quantitative estimate of drug-likeness (QED) is 0.669. The third kappa shape index (κ3) is 3.00. The number of aromatic nitrogens is 2. The zero-order valence-corrected chi connectivity index (χ0v) is 9.68. The van der Waals surface area contributed by atoms with Crippen LogP contribution < -0.4 is 4.74 Å². The molecule has 0 radical (unpaired) electrons. The van der Waals surface area contributed by atoms with Crippen molar-refractivity contribution in [3.63, 3.8) is 0 Å². The van der Waals surface area contributed by atoms with Crippen LogP contribution in [0.4, 0.5) is 39.9 Å². The van der Waals surface area contributed by atoms with E-state index >= 15 is 0 Å². The van der Waals surface area contributed by atoms with Gasteiger partial charge in [-0.15, -0.1) is 0 Å². The van der Waals surface area contributed by atoms with Crippen molar-refractivity contribution in [3.05, 3.63) is 11.3 Å². The molecule has 0 atom stereocenters. The SMILES string of the molecule is Cn1nc(C(F)(F)C(F)(F)F)c(C(F)(F)F)c1OC(=O)O. The number of hydrogen-bond acceptors (Lipinski definition) is 3. The first-order valence-electron chi connectivity index (χ1n) is 4.69.